The molecule has 0 aliphatic rings. The summed E-state index contributed by atoms with van der Waals surface area (Å²) in [6, 6.07) is 0. The average Bonchev–Trinajstić information content (AvgIpc) is 2.70. The number of ether oxygens (including phenoxy) is 1. The van der Waals surface area contributed by atoms with Crippen molar-refractivity contribution >= 4 is 5.97 Å². The van der Waals surface area contributed by atoms with Gasteiger partial charge in [0.15, 0.2) is 0 Å². The highest BCUT2D eigenvalue weighted by Crippen LogP contribution is 2.14. The summed E-state index contributed by atoms with van der Waals surface area (Å²) in [5.74, 6) is -0.423. The van der Waals surface area contributed by atoms with Gasteiger partial charge in [0.1, 0.15) is 5.79 Å². The van der Waals surface area contributed by atoms with E-state index < -0.39 is 0 Å². The second-order valence-electron chi connectivity index (χ2n) is 7.37. The molecular formula is C22H45N3O2. The van der Waals surface area contributed by atoms with Crippen LogP contribution < -0.4 is 16.0 Å². The van der Waals surface area contributed by atoms with Crippen LogP contribution in [0.15, 0.2) is 12.7 Å². The van der Waals surface area contributed by atoms with E-state index in [2.05, 4.69) is 22.5 Å². The third-order valence-corrected chi connectivity index (χ3v) is 5.39. The molecule has 27 heavy (non-hydrogen) atoms. The highest BCUT2D eigenvalue weighted by atomic mass is 16.5. The fraction of sp³-hybridized carbons (Fsp3) is 0.864. The predicted octanol–water partition coefficient (Wildman–Crippen LogP) is 4.49. The second kappa shape index (κ2) is 18.5. The van der Waals surface area contributed by atoms with Crippen molar-refractivity contribution in [2.24, 2.45) is 0 Å². The van der Waals surface area contributed by atoms with Gasteiger partial charge in [-0.05, 0) is 40.4 Å². The summed E-state index contributed by atoms with van der Waals surface area (Å²) in [4.78, 5) is 10.9. The van der Waals surface area contributed by atoms with E-state index in [9.17, 15) is 4.79 Å². The topological polar surface area (TPSA) is 62.4 Å². The van der Waals surface area contributed by atoms with Crippen molar-refractivity contribution in [3.8, 4) is 0 Å². The smallest absolute Gasteiger partial charge is 0.330 e. The molecular weight excluding hydrogens is 338 g/mol. The lowest BCUT2D eigenvalue weighted by Crippen LogP contribution is -2.63. The van der Waals surface area contributed by atoms with Gasteiger partial charge in [0, 0.05) is 6.08 Å². The van der Waals surface area contributed by atoms with Crippen LogP contribution in [0.5, 0.6) is 0 Å². The van der Waals surface area contributed by atoms with E-state index in [1.165, 1.54) is 76.7 Å². The van der Waals surface area contributed by atoms with Crippen LogP contribution in [0.2, 0.25) is 0 Å². The minimum Gasteiger partial charge on any atom is -0.463 e. The lowest BCUT2D eigenvalue weighted by atomic mass is 10.0. The SMILES string of the molecule is C=CC(=O)OCCCCCCCCCCCCCCCC(NC)(NC)NC. The molecule has 0 aliphatic heterocycles. The number of esters is 1. The fourth-order valence-corrected chi connectivity index (χ4v) is 3.42. The highest BCUT2D eigenvalue weighted by Gasteiger charge is 2.21. The van der Waals surface area contributed by atoms with Crippen LogP contribution in [-0.4, -0.2) is 39.5 Å². The van der Waals surface area contributed by atoms with E-state index in [-0.39, 0.29) is 11.8 Å². The van der Waals surface area contributed by atoms with Crippen LogP contribution in [0.3, 0.4) is 0 Å². The van der Waals surface area contributed by atoms with Gasteiger partial charge in [0.05, 0.1) is 6.61 Å². The molecule has 0 aromatic heterocycles. The Bertz CT molecular complexity index is 349. The molecule has 0 aromatic carbocycles. The first-order valence-corrected chi connectivity index (χ1v) is 11.0. The zero-order chi connectivity index (χ0) is 20.2. The Hall–Kier alpha value is -0.910. The molecule has 5 heteroatoms. The summed E-state index contributed by atoms with van der Waals surface area (Å²) in [6.07, 6.45) is 19.1. The summed E-state index contributed by atoms with van der Waals surface area (Å²) in [5, 5.41) is 9.98. The Morgan fingerprint density at radius 2 is 1.11 bits per heavy atom. The molecule has 0 bridgehead atoms. The molecule has 0 aliphatic carbocycles. The van der Waals surface area contributed by atoms with Crippen LogP contribution in [0.1, 0.15) is 89.9 Å². The van der Waals surface area contributed by atoms with E-state index in [0.717, 1.165) is 19.3 Å². The monoisotopic (exact) mass is 383 g/mol. The minimum atomic E-state index is -0.308. The Morgan fingerprint density at radius 3 is 1.48 bits per heavy atom. The number of nitrogens with one attached hydrogen (secondary N) is 3. The van der Waals surface area contributed by atoms with Crippen LogP contribution in [-0.2, 0) is 9.53 Å². The van der Waals surface area contributed by atoms with Crippen molar-refractivity contribution in [1.82, 2.24) is 16.0 Å². The maximum atomic E-state index is 10.9. The number of carbonyl (C=O) groups excluding carboxylic acids is 1. The number of carbonyl (C=O) groups is 1. The summed E-state index contributed by atoms with van der Waals surface area (Å²) >= 11 is 0. The number of rotatable bonds is 20. The molecule has 0 rings (SSSR count). The van der Waals surface area contributed by atoms with Crippen LogP contribution in [0, 0.1) is 0 Å². The van der Waals surface area contributed by atoms with Gasteiger partial charge in [-0.25, -0.2) is 4.79 Å². The Kier molecular flexibility index (Phi) is 17.8. The second-order valence-corrected chi connectivity index (χ2v) is 7.37. The summed E-state index contributed by atoms with van der Waals surface area (Å²) in [6.45, 7) is 3.92. The van der Waals surface area contributed by atoms with Crippen LogP contribution >= 0.6 is 0 Å². The van der Waals surface area contributed by atoms with Gasteiger partial charge in [0.25, 0.3) is 0 Å². The lowest BCUT2D eigenvalue weighted by Gasteiger charge is -2.33. The summed E-state index contributed by atoms with van der Waals surface area (Å²) in [7, 11) is 5.98. The average molecular weight is 384 g/mol. The van der Waals surface area contributed by atoms with Crippen LogP contribution in [0.25, 0.3) is 0 Å². The van der Waals surface area contributed by atoms with Crippen molar-refractivity contribution in [3.63, 3.8) is 0 Å². The molecule has 0 radical (unpaired) electrons. The zero-order valence-corrected chi connectivity index (χ0v) is 18.2. The van der Waals surface area contributed by atoms with Crippen molar-refractivity contribution in [3.05, 3.63) is 12.7 Å². The van der Waals surface area contributed by atoms with Crippen LogP contribution in [0.4, 0.5) is 0 Å². The maximum Gasteiger partial charge on any atom is 0.330 e. The predicted molar refractivity (Wildman–Crippen MR) is 116 cm³/mol. The molecule has 0 spiro atoms. The van der Waals surface area contributed by atoms with Crippen molar-refractivity contribution < 1.29 is 9.53 Å². The van der Waals surface area contributed by atoms with Crippen molar-refractivity contribution in [1.29, 1.82) is 0 Å². The van der Waals surface area contributed by atoms with E-state index in [1.807, 2.05) is 21.1 Å². The molecule has 3 N–H and O–H groups in total. The van der Waals surface area contributed by atoms with Gasteiger partial charge in [-0.3, -0.25) is 16.0 Å². The van der Waals surface area contributed by atoms with E-state index in [1.54, 1.807) is 0 Å². The van der Waals surface area contributed by atoms with Crippen molar-refractivity contribution in [2.75, 3.05) is 27.7 Å². The van der Waals surface area contributed by atoms with Gasteiger partial charge < -0.3 is 4.74 Å². The molecule has 0 atom stereocenters. The Morgan fingerprint density at radius 1 is 0.741 bits per heavy atom. The normalized spacial score (nSPS) is 11.5. The van der Waals surface area contributed by atoms with E-state index in [4.69, 9.17) is 4.74 Å². The van der Waals surface area contributed by atoms with E-state index in [0.29, 0.717) is 6.61 Å². The molecule has 0 unspecified atom stereocenters. The minimum absolute atomic E-state index is 0.115. The van der Waals surface area contributed by atoms with E-state index >= 15 is 0 Å². The molecule has 0 heterocycles. The number of hydrogen-bond acceptors (Lipinski definition) is 5. The Balaban J connectivity index is 3.25. The third kappa shape index (κ3) is 14.8. The maximum absolute atomic E-state index is 10.9. The Labute approximate surface area is 168 Å². The first-order chi connectivity index (χ1) is 13.1. The molecule has 0 saturated heterocycles. The standard InChI is InChI=1S/C22H45N3O2/c1-5-21(26)27-20-18-16-14-12-10-8-6-7-9-11-13-15-17-19-22(23-2,24-3)25-4/h5,23-25H,1,6-20H2,2-4H3. The molecule has 0 saturated carbocycles. The largest absolute Gasteiger partial charge is 0.463 e. The van der Waals surface area contributed by atoms with Gasteiger partial charge in [-0.2, -0.15) is 0 Å². The molecule has 0 fully saturated rings. The van der Waals surface area contributed by atoms with Gasteiger partial charge in [0.2, 0.25) is 0 Å². The molecule has 5 nitrogen and oxygen atoms in total. The van der Waals surface area contributed by atoms with Gasteiger partial charge >= 0.3 is 5.97 Å². The van der Waals surface area contributed by atoms with Gasteiger partial charge in [-0.15, -0.1) is 0 Å². The van der Waals surface area contributed by atoms with Crippen molar-refractivity contribution in [2.45, 2.75) is 95.7 Å². The fourth-order valence-electron chi connectivity index (χ4n) is 3.42. The quantitative estimate of drug-likeness (QED) is 0.125. The number of hydrogen-bond donors (Lipinski definition) is 3. The summed E-state index contributed by atoms with van der Waals surface area (Å²) in [5.41, 5.74) is 0. The molecule has 0 amide bonds. The number of unbranched alkanes of at least 4 members (excludes halogenated alkanes) is 12. The highest BCUT2D eigenvalue weighted by molar-refractivity contribution is 5.81. The first kappa shape index (κ1) is 26.1. The zero-order valence-electron chi connectivity index (χ0n) is 18.2. The summed E-state index contributed by atoms with van der Waals surface area (Å²) < 4.78 is 4.97. The molecule has 0 aromatic rings. The van der Waals surface area contributed by atoms with Gasteiger partial charge in [-0.1, -0.05) is 77.2 Å². The third-order valence-electron chi connectivity index (χ3n) is 5.39. The first-order valence-electron chi connectivity index (χ1n) is 11.0. The lowest BCUT2D eigenvalue weighted by molar-refractivity contribution is -0.137. The molecule has 160 valence electrons.